The summed E-state index contributed by atoms with van der Waals surface area (Å²) in [6.45, 7) is 0. The Morgan fingerprint density at radius 3 is 2.50 bits per heavy atom. The third-order valence-electron chi connectivity index (χ3n) is 2.45. The second kappa shape index (κ2) is 6.75. The maximum atomic E-state index is 11.8. The van der Waals surface area contributed by atoms with Gasteiger partial charge in [0.1, 0.15) is 0 Å². The van der Waals surface area contributed by atoms with Crippen LogP contribution in [0.4, 0.5) is 0 Å². The minimum atomic E-state index is -0.392. The van der Waals surface area contributed by atoms with Crippen LogP contribution in [0.2, 0.25) is 15.1 Å². The van der Waals surface area contributed by atoms with E-state index in [4.69, 9.17) is 34.8 Å². The smallest absolute Gasteiger partial charge is 0.267 e. The molecule has 0 bridgehead atoms. The summed E-state index contributed by atoms with van der Waals surface area (Å²) in [5, 5.41) is 5.19. The van der Waals surface area contributed by atoms with Crippen LogP contribution in [-0.4, -0.2) is 12.1 Å². The fraction of sp³-hybridized carbons (Fsp3) is 0. The van der Waals surface area contributed by atoms with E-state index in [9.17, 15) is 4.79 Å². The molecular weight excluding hydrogens is 319 g/mol. The Bertz CT molecular complexity index is 671. The highest BCUT2D eigenvalue weighted by Gasteiger charge is 2.07. The first kappa shape index (κ1) is 14.9. The lowest BCUT2D eigenvalue weighted by Crippen LogP contribution is -2.17. The van der Waals surface area contributed by atoms with E-state index in [0.717, 1.165) is 0 Å². The number of carbonyl (C=O) groups excluding carboxylic acids is 1. The lowest BCUT2D eigenvalue weighted by atomic mass is 10.2. The van der Waals surface area contributed by atoms with E-state index in [1.165, 1.54) is 6.21 Å². The van der Waals surface area contributed by atoms with Gasteiger partial charge in [0.2, 0.25) is 0 Å². The molecule has 0 unspecified atom stereocenters. The van der Waals surface area contributed by atoms with Crippen molar-refractivity contribution in [3.05, 3.63) is 68.7 Å². The number of nitrogens with zero attached hydrogens (tertiary/aromatic N) is 1. The molecule has 1 amide bonds. The van der Waals surface area contributed by atoms with E-state index in [1.807, 2.05) is 0 Å². The summed E-state index contributed by atoms with van der Waals surface area (Å²) < 4.78 is 0. The van der Waals surface area contributed by atoms with Crippen molar-refractivity contribution in [2.75, 3.05) is 0 Å². The van der Waals surface area contributed by atoms with Gasteiger partial charge < -0.3 is 0 Å². The Balaban J connectivity index is 2.07. The molecule has 102 valence electrons. The molecule has 0 aliphatic heterocycles. The number of amides is 1. The fourth-order valence-corrected chi connectivity index (χ4v) is 2.15. The molecule has 0 spiro atoms. The van der Waals surface area contributed by atoms with Crippen LogP contribution in [0.25, 0.3) is 0 Å². The Hall–Kier alpha value is -1.55. The number of hydrogen-bond acceptors (Lipinski definition) is 2. The summed E-state index contributed by atoms with van der Waals surface area (Å²) in [6.07, 6.45) is 1.44. The van der Waals surface area contributed by atoms with Crippen molar-refractivity contribution in [3.63, 3.8) is 0 Å². The predicted octanol–water partition coefficient (Wildman–Crippen LogP) is 4.41. The van der Waals surface area contributed by atoms with Gasteiger partial charge in [-0.15, -0.1) is 0 Å². The molecule has 0 aliphatic carbocycles. The molecule has 2 rings (SSSR count). The molecule has 6 heteroatoms. The summed E-state index contributed by atoms with van der Waals surface area (Å²) in [5.74, 6) is -0.392. The maximum Gasteiger partial charge on any atom is 0.272 e. The first-order valence-electron chi connectivity index (χ1n) is 5.61. The predicted molar refractivity (Wildman–Crippen MR) is 83.0 cm³/mol. The van der Waals surface area contributed by atoms with Crippen molar-refractivity contribution < 1.29 is 4.79 Å². The van der Waals surface area contributed by atoms with Crippen molar-refractivity contribution in [1.29, 1.82) is 0 Å². The highest BCUT2D eigenvalue weighted by atomic mass is 35.5. The van der Waals surface area contributed by atoms with E-state index >= 15 is 0 Å². The molecule has 0 heterocycles. The highest BCUT2D eigenvalue weighted by Crippen LogP contribution is 2.19. The molecule has 0 atom stereocenters. The number of hydrogen-bond donors (Lipinski definition) is 1. The molecule has 0 saturated carbocycles. The SMILES string of the molecule is O=C(N/N=C/c1ccc(Cl)cc1Cl)c1ccccc1Cl. The average Bonchev–Trinajstić information content (AvgIpc) is 2.41. The van der Waals surface area contributed by atoms with Crippen LogP contribution in [0.15, 0.2) is 47.6 Å². The number of hydrazone groups is 1. The largest absolute Gasteiger partial charge is 0.272 e. The Kier molecular flexibility index (Phi) is 5.01. The summed E-state index contributed by atoms with van der Waals surface area (Å²) in [5.41, 5.74) is 3.39. The quantitative estimate of drug-likeness (QED) is 0.658. The van der Waals surface area contributed by atoms with Crippen LogP contribution in [0, 0.1) is 0 Å². The van der Waals surface area contributed by atoms with Crippen LogP contribution < -0.4 is 5.43 Å². The molecule has 3 nitrogen and oxygen atoms in total. The Labute approximate surface area is 131 Å². The highest BCUT2D eigenvalue weighted by molar-refractivity contribution is 6.36. The third kappa shape index (κ3) is 3.73. The number of benzene rings is 2. The molecule has 0 radical (unpaired) electrons. The standard InChI is InChI=1S/C14H9Cl3N2O/c15-10-6-5-9(13(17)7-10)8-18-19-14(20)11-3-1-2-4-12(11)16/h1-8H,(H,19,20)/b18-8+. The van der Waals surface area contributed by atoms with Gasteiger partial charge >= 0.3 is 0 Å². The van der Waals surface area contributed by atoms with Crippen LogP contribution in [-0.2, 0) is 0 Å². The van der Waals surface area contributed by atoms with E-state index in [0.29, 0.717) is 26.2 Å². The summed E-state index contributed by atoms with van der Waals surface area (Å²) in [6, 6.07) is 11.7. The zero-order valence-corrected chi connectivity index (χ0v) is 12.4. The summed E-state index contributed by atoms with van der Waals surface area (Å²) in [7, 11) is 0. The molecule has 0 fully saturated rings. The van der Waals surface area contributed by atoms with E-state index < -0.39 is 5.91 Å². The first-order valence-corrected chi connectivity index (χ1v) is 6.74. The fourth-order valence-electron chi connectivity index (χ4n) is 1.47. The van der Waals surface area contributed by atoms with Gasteiger partial charge in [-0.05, 0) is 24.3 Å². The first-order chi connectivity index (χ1) is 9.58. The number of rotatable bonds is 3. The van der Waals surface area contributed by atoms with Crippen LogP contribution in [0.3, 0.4) is 0 Å². The van der Waals surface area contributed by atoms with Crippen molar-refractivity contribution in [2.45, 2.75) is 0 Å². The lowest BCUT2D eigenvalue weighted by Gasteiger charge is -2.02. The molecule has 1 N–H and O–H groups in total. The van der Waals surface area contributed by atoms with Gasteiger partial charge in [-0.2, -0.15) is 5.10 Å². The minimum absolute atomic E-state index is 0.355. The molecule has 0 aromatic heterocycles. The van der Waals surface area contributed by atoms with Crippen molar-refractivity contribution in [3.8, 4) is 0 Å². The van der Waals surface area contributed by atoms with Gasteiger partial charge in [0, 0.05) is 10.6 Å². The van der Waals surface area contributed by atoms with Crippen molar-refractivity contribution >= 4 is 46.9 Å². The number of carbonyl (C=O) groups is 1. The van der Waals surface area contributed by atoms with Crippen molar-refractivity contribution in [1.82, 2.24) is 5.43 Å². The molecule has 20 heavy (non-hydrogen) atoms. The molecule has 2 aromatic carbocycles. The number of nitrogens with one attached hydrogen (secondary N) is 1. The minimum Gasteiger partial charge on any atom is -0.267 e. The van der Waals surface area contributed by atoms with E-state index in [-0.39, 0.29) is 0 Å². The van der Waals surface area contributed by atoms with Gasteiger partial charge in [0.15, 0.2) is 0 Å². The van der Waals surface area contributed by atoms with E-state index in [2.05, 4.69) is 10.5 Å². The van der Waals surface area contributed by atoms with Gasteiger partial charge in [-0.3, -0.25) is 4.79 Å². The summed E-state index contributed by atoms with van der Waals surface area (Å²) >= 11 is 17.7. The maximum absolute atomic E-state index is 11.8. The van der Waals surface area contributed by atoms with Crippen LogP contribution >= 0.6 is 34.8 Å². The zero-order chi connectivity index (χ0) is 14.5. The topological polar surface area (TPSA) is 41.5 Å². The third-order valence-corrected chi connectivity index (χ3v) is 3.34. The Morgan fingerprint density at radius 1 is 1.05 bits per heavy atom. The number of halogens is 3. The van der Waals surface area contributed by atoms with Gasteiger partial charge in [-0.25, -0.2) is 5.43 Å². The molecule has 0 saturated heterocycles. The monoisotopic (exact) mass is 326 g/mol. The Morgan fingerprint density at radius 2 is 1.80 bits per heavy atom. The molecular formula is C14H9Cl3N2O. The van der Waals surface area contributed by atoms with Crippen molar-refractivity contribution in [2.24, 2.45) is 5.10 Å². The van der Waals surface area contributed by atoms with Gasteiger partial charge in [-0.1, -0.05) is 53.0 Å². The lowest BCUT2D eigenvalue weighted by molar-refractivity contribution is 0.0955. The molecule has 2 aromatic rings. The summed E-state index contributed by atoms with van der Waals surface area (Å²) in [4.78, 5) is 11.8. The zero-order valence-electron chi connectivity index (χ0n) is 10.1. The van der Waals surface area contributed by atoms with Gasteiger partial charge in [0.05, 0.1) is 21.8 Å². The second-order valence-electron chi connectivity index (χ2n) is 3.84. The second-order valence-corrected chi connectivity index (χ2v) is 5.10. The van der Waals surface area contributed by atoms with E-state index in [1.54, 1.807) is 42.5 Å². The van der Waals surface area contributed by atoms with Crippen LogP contribution in [0.5, 0.6) is 0 Å². The normalized spacial score (nSPS) is 10.8. The average molecular weight is 328 g/mol. The van der Waals surface area contributed by atoms with Crippen LogP contribution in [0.1, 0.15) is 15.9 Å². The van der Waals surface area contributed by atoms with Gasteiger partial charge in [0.25, 0.3) is 5.91 Å². The molecule has 0 aliphatic rings.